The van der Waals surface area contributed by atoms with Crippen molar-refractivity contribution in [2.45, 2.75) is 27.2 Å². The number of carbonyl (C=O) groups excluding carboxylic acids is 1. The number of nitrogens with two attached hydrogens (primary N) is 1. The predicted molar refractivity (Wildman–Crippen MR) is 113 cm³/mol. The van der Waals surface area contributed by atoms with Crippen molar-refractivity contribution in [3.8, 4) is 0 Å². The zero-order valence-corrected chi connectivity index (χ0v) is 17.1. The summed E-state index contributed by atoms with van der Waals surface area (Å²) in [5.74, 6) is 1.17. The van der Waals surface area contributed by atoms with Crippen LogP contribution < -0.4 is 16.0 Å². The maximum absolute atomic E-state index is 12.6. The summed E-state index contributed by atoms with van der Waals surface area (Å²) >= 11 is 3.39. The van der Waals surface area contributed by atoms with E-state index in [4.69, 9.17) is 5.73 Å². The van der Waals surface area contributed by atoms with Gasteiger partial charge in [-0.1, -0.05) is 29.8 Å². The summed E-state index contributed by atoms with van der Waals surface area (Å²) in [6.07, 6.45) is 1.26. The molecule has 0 saturated carbocycles. The molecule has 26 heavy (non-hydrogen) atoms. The third-order valence-electron chi connectivity index (χ3n) is 4.93. The van der Waals surface area contributed by atoms with E-state index < -0.39 is 0 Å². The molecule has 0 bridgehead atoms. The monoisotopic (exact) mass is 415 g/mol. The van der Waals surface area contributed by atoms with Crippen molar-refractivity contribution >= 4 is 38.9 Å². The van der Waals surface area contributed by atoms with E-state index in [0.717, 1.165) is 28.8 Å². The molecular formula is C21H26BrN3O. The van der Waals surface area contributed by atoms with E-state index in [2.05, 4.69) is 46.9 Å². The summed E-state index contributed by atoms with van der Waals surface area (Å²) in [4.78, 5) is 15.0. The highest BCUT2D eigenvalue weighted by atomic mass is 79.9. The largest absolute Gasteiger partial charge is 0.397 e. The van der Waals surface area contributed by atoms with Crippen molar-refractivity contribution in [3.63, 3.8) is 0 Å². The van der Waals surface area contributed by atoms with E-state index in [1.807, 2.05) is 24.3 Å². The average molecular weight is 416 g/mol. The van der Waals surface area contributed by atoms with Crippen molar-refractivity contribution in [2.24, 2.45) is 11.8 Å². The lowest BCUT2D eigenvalue weighted by Gasteiger charge is -2.37. The van der Waals surface area contributed by atoms with Gasteiger partial charge in [-0.3, -0.25) is 4.79 Å². The van der Waals surface area contributed by atoms with Gasteiger partial charge in [0.15, 0.2) is 0 Å². The Hall–Kier alpha value is -2.01. The molecule has 4 nitrogen and oxygen atoms in total. The van der Waals surface area contributed by atoms with Gasteiger partial charge in [0.05, 0.1) is 11.4 Å². The van der Waals surface area contributed by atoms with Crippen molar-refractivity contribution in [1.29, 1.82) is 0 Å². The maximum Gasteiger partial charge on any atom is 0.255 e. The first kappa shape index (κ1) is 18.8. The molecule has 1 aliphatic rings. The van der Waals surface area contributed by atoms with E-state index in [0.29, 0.717) is 28.8 Å². The normalized spacial score (nSPS) is 20.1. The minimum absolute atomic E-state index is 0.153. The van der Waals surface area contributed by atoms with Gasteiger partial charge < -0.3 is 16.0 Å². The molecule has 3 rings (SSSR count). The smallest absolute Gasteiger partial charge is 0.255 e. The topological polar surface area (TPSA) is 58.4 Å². The van der Waals surface area contributed by atoms with Crippen molar-refractivity contribution in [3.05, 3.63) is 52.0 Å². The molecular weight excluding hydrogens is 390 g/mol. The van der Waals surface area contributed by atoms with Crippen LogP contribution in [0.4, 0.5) is 17.1 Å². The number of rotatable bonds is 3. The molecule has 3 N–H and O–H groups in total. The summed E-state index contributed by atoms with van der Waals surface area (Å²) < 4.78 is 0.944. The molecule has 0 radical (unpaired) electrons. The average Bonchev–Trinajstić information content (AvgIpc) is 2.57. The standard InChI is InChI=1S/C21H26BrN3O/c1-13-8-14(2)12-25(11-13)20-10-19(18(23)9-15(20)3)24-21(26)16-4-6-17(22)7-5-16/h4-7,9-10,13-14H,8,11-12,23H2,1-3H3,(H,24,26)/t13-,14-/m1/s1. The molecule has 1 fully saturated rings. The molecule has 1 saturated heterocycles. The summed E-state index contributed by atoms with van der Waals surface area (Å²) in [5, 5.41) is 2.97. The van der Waals surface area contributed by atoms with Crippen LogP contribution in [0.2, 0.25) is 0 Å². The van der Waals surface area contributed by atoms with E-state index in [9.17, 15) is 4.79 Å². The highest BCUT2D eigenvalue weighted by Gasteiger charge is 2.24. The van der Waals surface area contributed by atoms with Gasteiger partial charge in [0, 0.05) is 28.8 Å². The second-order valence-electron chi connectivity index (χ2n) is 7.54. The lowest BCUT2D eigenvalue weighted by Crippen LogP contribution is -2.39. The van der Waals surface area contributed by atoms with Crippen LogP contribution in [-0.2, 0) is 0 Å². The summed E-state index contributed by atoms with van der Waals surface area (Å²) in [5.41, 5.74) is 10.4. The Morgan fingerprint density at radius 3 is 2.38 bits per heavy atom. The number of aryl methyl sites for hydroxylation is 1. The predicted octanol–water partition coefficient (Wildman–Crippen LogP) is 5.07. The van der Waals surface area contributed by atoms with Crippen LogP contribution in [-0.4, -0.2) is 19.0 Å². The van der Waals surface area contributed by atoms with Gasteiger partial charge >= 0.3 is 0 Å². The second-order valence-corrected chi connectivity index (χ2v) is 8.45. The van der Waals surface area contributed by atoms with Gasteiger partial charge in [-0.2, -0.15) is 0 Å². The third-order valence-corrected chi connectivity index (χ3v) is 5.46. The number of hydrogen-bond donors (Lipinski definition) is 2. The number of anilines is 3. The molecule has 0 unspecified atom stereocenters. The number of nitrogen functional groups attached to an aromatic ring is 1. The van der Waals surface area contributed by atoms with Crippen LogP contribution in [0.25, 0.3) is 0 Å². The summed E-state index contributed by atoms with van der Waals surface area (Å²) in [7, 11) is 0. The zero-order chi connectivity index (χ0) is 18.8. The van der Waals surface area contributed by atoms with Crippen LogP contribution in [0.3, 0.4) is 0 Å². The van der Waals surface area contributed by atoms with Crippen molar-refractivity contribution in [2.75, 3.05) is 29.0 Å². The molecule has 5 heteroatoms. The molecule has 1 aliphatic heterocycles. The number of piperidine rings is 1. The molecule has 0 spiro atoms. The van der Waals surface area contributed by atoms with Crippen LogP contribution in [0.1, 0.15) is 36.2 Å². The molecule has 2 atom stereocenters. The van der Waals surface area contributed by atoms with Crippen molar-refractivity contribution in [1.82, 2.24) is 0 Å². The minimum Gasteiger partial charge on any atom is -0.397 e. The SMILES string of the molecule is Cc1cc(N)c(NC(=O)c2ccc(Br)cc2)cc1N1C[C@H](C)C[C@@H](C)C1. The Kier molecular flexibility index (Phi) is 5.56. The van der Waals surface area contributed by atoms with Gasteiger partial charge in [-0.25, -0.2) is 0 Å². The number of carbonyl (C=O) groups is 1. The molecule has 1 heterocycles. The number of halogens is 1. The minimum atomic E-state index is -0.153. The molecule has 2 aromatic rings. The fourth-order valence-corrected chi connectivity index (χ4v) is 4.09. The number of nitrogens with zero attached hydrogens (tertiary/aromatic N) is 1. The Bertz CT molecular complexity index is 794. The molecule has 2 aromatic carbocycles. The Balaban J connectivity index is 1.86. The Labute approximate surface area is 163 Å². The van der Waals surface area contributed by atoms with Gasteiger partial charge in [0.2, 0.25) is 0 Å². The first-order valence-electron chi connectivity index (χ1n) is 9.05. The van der Waals surface area contributed by atoms with E-state index >= 15 is 0 Å². The summed E-state index contributed by atoms with van der Waals surface area (Å²) in [6, 6.07) is 11.3. The first-order valence-corrected chi connectivity index (χ1v) is 9.84. The molecule has 0 aromatic heterocycles. The zero-order valence-electron chi connectivity index (χ0n) is 15.6. The van der Waals surface area contributed by atoms with Crippen LogP contribution in [0, 0.1) is 18.8 Å². The van der Waals surface area contributed by atoms with Gasteiger partial charge in [-0.15, -0.1) is 0 Å². The highest BCUT2D eigenvalue weighted by molar-refractivity contribution is 9.10. The fourth-order valence-electron chi connectivity index (χ4n) is 3.82. The van der Waals surface area contributed by atoms with Gasteiger partial charge in [-0.05, 0) is 67.1 Å². The van der Waals surface area contributed by atoms with Gasteiger partial charge in [0.25, 0.3) is 5.91 Å². The molecule has 138 valence electrons. The van der Waals surface area contributed by atoms with E-state index in [1.54, 1.807) is 12.1 Å². The third kappa shape index (κ3) is 4.21. The number of hydrogen-bond acceptors (Lipinski definition) is 3. The lowest BCUT2D eigenvalue weighted by atomic mass is 9.91. The quantitative estimate of drug-likeness (QED) is 0.687. The maximum atomic E-state index is 12.6. The number of amides is 1. The molecule has 0 aliphatic carbocycles. The lowest BCUT2D eigenvalue weighted by molar-refractivity contribution is 0.102. The van der Waals surface area contributed by atoms with Gasteiger partial charge in [0.1, 0.15) is 0 Å². The Morgan fingerprint density at radius 1 is 1.15 bits per heavy atom. The van der Waals surface area contributed by atoms with Crippen LogP contribution in [0.15, 0.2) is 40.9 Å². The summed E-state index contributed by atoms with van der Waals surface area (Å²) in [6.45, 7) is 8.75. The Morgan fingerprint density at radius 2 is 1.77 bits per heavy atom. The highest BCUT2D eigenvalue weighted by Crippen LogP contribution is 2.33. The number of nitrogens with one attached hydrogen (secondary N) is 1. The second kappa shape index (κ2) is 7.70. The van der Waals surface area contributed by atoms with Crippen LogP contribution in [0.5, 0.6) is 0 Å². The van der Waals surface area contributed by atoms with Crippen LogP contribution >= 0.6 is 15.9 Å². The first-order chi connectivity index (χ1) is 12.3. The van der Waals surface area contributed by atoms with Crippen molar-refractivity contribution < 1.29 is 4.79 Å². The van der Waals surface area contributed by atoms with E-state index in [-0.39, 0.29) is 5.91 Å². The number of benzene rings is 2. The fraction of sp³-hybridized carbons (Fsp3) is 0.381. The van der Waals surface area contributed by atoms with E-state index in [1.165, 1.54) is 6.42 Å². The molecule has 1 amide bonds.